The molecular weight excluding hydrogens is 362 g/mol. The van der Waals surface area contributed by atoms with E-state index in [1.54, 1.807) is 0 Å². The zero-order valence-corrected chi connectivity index (χ0v) is 17.0. The molecule has 0 radical (unpaired) electrons. The Morgan fingerprint density at radius 2 is 1.67 bits per heavy atom. The van der Waals surface area contributed by atoms with Crippen molar-refractivity contribution in [3.8, 4) is 0 Å². The van der Waals surface area contributed by atoms with Crippen molar-refractivity contribution in [1.29, 1.82) is 0 Å². The molecule has 3 heteroatoms. The molecule has 24 heavy (non-hydrogen) atoms. The number of nitrogens with zero attached hydrogens (tertiary/aromatic N) is 1. The number of hydrogen-bond acceptors (Lipinski definition) is 2. The van der Waals surface area contributed by atoms with Crippen molar-refractivity contribution in [3.63, 3.8) is 0 Å². The van der Waals surface area contributed by atoms with Crippen LogP contribution in [0.5, 0.6) is 0 Å². The van der Waals surface area contributed by atoms with Gasteiger partial charge < -0.3 is 0 Å². The second-order valence-electron chi connectivity index (χ2n) is 5.58. The summed E-state index contributed by atoms with van der Waals surface area (Å²) in [5.74, 6) is 0.0185. The summed E-state index contributed by atoms with van der Waals surface area (Å²) in [4.78, 5) is 14.2. The molecule has 0 N–H and O–H groups in total. The molecule has 0 aliphatic heterocycles. The van der Waals surface area contributed by atoms with Gasteiger partial charge >= 0.3 is 0 Å². The van der Waals surface area contributed by atoms with Gasteiger partial charge in [-0.15, -0.1) is 0 Å². The second-order valence-corrected chi connectivity index (χ2v) is 6.49. The van der Waals surface area contributed by atoms with Crippen LogP contribution < -0.4 is 0 Å². The minimum absolute atomic E-state index is 0.0185. The lowest BCUT2D eigenvalue weighted by Gasteiger charge is -2.03. The Morgan fingerprint density at radius 1 is 1.12 bits per heavy atom. The minimum atomic E-state index is 0.0185. The molecule has 0 bridgehead atoms. The lowest BCUT2D eigenvalue weighted by atomic mass is 10.1. The van der Waals surface area contributed by atoms with Crippen LogP contribution in [0.3, 0.4) is 0 Å². The van der Waals surface area contributed by atoms with E-state index < -0.39 is 0 Å². The Morgan fingerprint density at radius 3 is 2.08 bits per heavy atom. The van der Waals surface area contributed by atoms with E-state index in [0.717, 1.165) is 16.6 Å². The van der Waals surface area contributed by atoms with E-state index in [1.165, 1.54) is 36.2 Å². The van der Waals surface area contributed by atoms with E-state index in [2.05, 4.69) is 72.5 Å². The normalized spacial score (nSPS) is 9.08. The Labute approximate surface area is 155 Å². The van der Waals surface area contributed by atoms with Crippen molar-refractivity contribution in [1.82, 2.24) is 4.98 Å². The molecule has 1 aromatic heterocycles. The third-order valence-corrected chi connectivity index (χ3v) is 3.65. The number of carbonyl (C=O) groups is 1. The van der Waals surface area contributed by atoms with Crippen molar-refractivity contribution in [3.05, 3.63) is 76.0 Å². The molecule has 2 rings (SSSR count). The number of ketones is 1. The molecule has 0 atom stereocenters. The lowest BCUT2D eigenvalue weighted by molar-refractivity contribution is -0.112. The summed E-state index contributed by atoms with van der Waals surface area (Å²) in [5, 5.41) is 0. The van der Waals surface area contributed by atoms with Gasteiger partial charge in [-0.3, -0.25) is 9.78 Å². The van der Waals surface area contributed by atoms with Crippen LogP contribution in [-0.2, 0) is 11.2 Å². The SMILES string of the molecule is C=CC(C)=O.CCCc1nc(C)ccc1C.Cc1ccc(Br)cc1. The van der Waals surface area contributed by atoms with Crippen molar-refractivity contribution in [2.45, 2.75) is 47.5 Å². The number of halogens is 1. The van der Waals surface area contributed by atoms with Gasteiger partial charge in [0.1, 0.15) is 0 Å². The minimum Gasteiger partial charge on any atom is -0.295 e. The summed E-state index contributed by atoms with van der Waals surface area (Å²) < 4.78 is 1.14. The van der Waals surface area contributed by atoms with Crippen LogP contribution in [0.25, 0.3) is 0 Å². The van der Waals surface area contributed by atoms with Gasteiger partial charge in [0.15, 0.2) is 5.78 Å². The highest BCUT2D eigenvalue weighted by atomic mass is 79.9. The molecule has 0 unspecified atom stereocenters. The Balaban J connectivity index is 0.000000358. The standard InChI is InChI=1S/C10H15N.C7H7Br.C4H6O/c1-4-5-10-8(2)6-7-9(3)11-10;1-6-2-4-7(8)5-3-6;1-3-4(2)5/h6-7H,4-5H2,1-3H3;2-5H,1H3;3H,1H2,2H3. The molecular formula is C21H28BrNO. The largest absolute Gasteiger partial charge is 0.295 e. The average Bonchev–Trinajstić information content (AvgIpc) is 2.55. The van der Waals surface area contributed by atoms with Crippen LogP contribution in [0, 0.1) is 20.8 Å². The highest BCUT2D eigenvalue weighted by molar-refractivity contribution is 9.10. The first-order valence-electron chi connectivity index (χ1n) is 8.08. The molecule has 0 fully saturated rings. The number of allylic oxidation sites excluding steroid dienone is 1. The van der Waals surface area contributed by atoms with Gasteiger partial charge in [0, 0.05) is 15.9 Å². The third-order valence-electron chi connectivity index (χ3n) is 3.13. The average molecular weight is 390 g/mol. The van der Waals surface area contributed by atoms with E-state index in [4.69, 9.17) is 0 Å². The first-order valence-corrected chi connectivity index (χ1v) is 8.87. The summed E-state index contributed by atoms with van der Waals surface area (Å²) in [5.41, 5.74) is 5.00. The quantitative estimate of drug-likeness (QED) is 0.587. The molecule has 130 valence electrons. The molecule has 2 aromatic rings. The monoisotopic (exact) mass is 389 g/mol. The first-order chi connectivity index (χ1) is 11.3. The molecule has 0 amide bonds. The topological polar surface area (TPSA) is 30.0 Å². The number of pyridine rings is 1. The van der Waals surface area contributed by atoms with Gasteiger partial charge in [0.25, 0.3) is 0 Å². The smallest absolute Gasteiger partial charge is 0.152 e. The Hall–Kier alpha value is -1.74. The highest BCUT2D eigenvalue weighted by Gasteiger charge is 1.97. The van der Waals surface area contributed by atoms with Gasteiger partial charge in [0.2, 0.25) is 0 Å². The molecule has 2 nitrogen and oxygen atoms in total. The number of rotatable bonds is 3. The summed E-state index contributed by atoms with van der Waals surface area (Å²) in [6.45, 7) is 13.1. The maximum atomic E-state index is 9.69. The van der Waals surface area contributed by atoms with E-state index in [-0.39, 0.29) is 5.78 Å². The molecule has 0 saturated carbocycles. The van der Waals surface area contributed by atoms with Gasteiger partial charge in [-0.05, 0) is 64.0 Å². The van der Waals surface area contributed by atoms with E-state index in [9.17, 15) is 4.79 Å². The predicted octanol–water partition coefficient (Wildman–Crippen LogP) is 6.17. The third kappa shape index (κ3) is 10.9. The molecule has 0 spiro atoms. The second kappa shape index (κ2) is 12.7. The van der Waals surface area contributed by atoms with Crippen LogP contribution in [0.2, 0.25) is 0 Å². The molecule has 0 aliphatic rings. The summed E-state index contributed by atoms with van der Waals surface area (Å²) in [6.07, 6.45) is 3.56. The molecule has 0 saturated heterocycles. The van der Waals surface area contributed by atoms with Crippen molar-refractivity contribution in [2.24, 2.45) is 0 Å². The van der Waals surface area contributed by atoms with Crippen molar-refractivity contribution in [2.75, 3.05) is 0 Å². The fourth-order valence-electron chi connectivity index (χ4n) is 1.70. The van der Waals surface area contributed by atoms with Crippen molar-refractivity contribution >= 4 is 21.7 Å². The van der Waals surface area contributed by atoms with E-state index >= 15 is 0 Å². The maximum Gasteiger partial charge on any atom is 0.152 e. The van der Waals surface area contributed by atoms with Gasteiger partial charge in [-0.1, -0.05) is 59.6 Å². The maximum absolute atomic E-state index is 9.69. The van der Waals surface area contributed by atoms with E-state index in [1.807, 2.05) is 19.1 Å². The predicted molar refractivity (Wildman–Crippen MR) is 107 cm³/mol. The zero-order chi connectivity index (χ0) is 18.5. The van der Waals surface area contributed by atoms with Crippen LogP contribution >= 0.6 is 15.9 Å². The highest BCUT2D eigenvalue weighted by Crippen LogP contribution is 2.09. The molecule has 0 aliphatic carbocycles. The van der Waals surface area contributed by atoms with Gasteiger partial charge in [0.05, 0.1) is 0 Å². The van der Waals surface area contributed by atoms with Crippen LogP contribution in [-0.4, -0.2) is 10.8 Å². The number of hydrogen-bond donors (Lipinski definition) is 0. The number of benzene rings is 1. The lowest BCUT2D eigenvalue weighted by Crippen LogP contribution is -1.94. The Kier molecular flexibility index (Phi) is 11.7. The van der Waals surface area contributed by atoms with Gasteiger partial charge in [-0.25, -0.2) is 0 Å². The fourth-order valence-corrected chi connectivity index (χ4v) is 1.97. The van der Waals surface area contributed by atoms with Crippen LogP contribution in [0.4, 0.5) is 0 Å². The van der Waals surface area contributed by atoms with Crippen LogP contribution in [0.15, 0.2) is 53.5 Å². The molecule has 1 aromatic carbocycles. The van der Waals surface area contributed by atoms with E-state index in [0.29, 0.717) is 0 Å². The van der Waals surface area contributed by atoms with Crippen LogP contribution in [0.1, 0.15) is 42.8 Å². The zero-order valence-electron chi connectivity index (χ0n) is 15.4. The number of aryl methyl sites for hydroxylation is 4. The number of aromatic nitrogens is 1. The fraction of sp³-hybridized carbons (Fsp3) is 0.333. The Bertz CT molecular complexity index is 612. The van der Waals surface area contributed by atoms with Gasteiger partial charge in [-0.2, -0.15) is 0 Å². The van der Waals surface area contributed by atoms with Crippen molar-refractivity contribution < 1.29 is 4.79 Å². The molecule has 1 heterocycles. The summed E-state index contributed by atoms with van der Waals surface area (Å²) in [6, 6.07) is 12.4. The number of carbonyl (C=O) groups excluding carboxylic acids is 1. The summed E-state index contributed by atoms with van der Waals surface area (Å²) >= 11 is 3.35. The first kappa shape index (κ1) is 22.3. The summed E-state index contributed by atoms with van der Waals surface area (Å²) in [7, 11) is 0.